The summed E-state index contributed by atoms with van der Waals surface area (Å²) in [6.45, 7) is 4.95. The van der Waals surface area contributed by atoms with Gasteiger partial charge in [0.05, 0.1) is 6.67 Å². The quantitative estimate of drug-likeness (QED) is 0.489. The molecule has 1 aliphatic heterocycles. The van der Waals surface area contributed by atoms with Gasteiger partial charge in [0.1, 0.15) is 4.87 Å². The van der Waals surface area contributed by atoms with Crippen molar-refractivity contribution in [3.63, 3.8) is 0 Å². The number of carbonyl (C=O) groups is 1. The second-order valence-corrected chi connectivity index (χ2v) is 4.43. The van der Waals surface area contributed by atoms with Crippen LogP contribution in [0.5, 0.6) is 0 Å². The van der Waals surface area contributed by atoms with Crippen LogP contribution >= 0.6 is 11.9 Å². The molecule has 0 aliphatic carbocycles. The summed E-state index contributed by atoms with van der Waals surface area (Å²) >= 11 is 1.49. The Morgan fingerprint density at radius 2 is 2.45 bits per heavy atom. The number of rotatable bonds is 3. The molecule has 1 fully saturated rings. The van der Waals surface area contributed by atoms with Crippen molar-refractivity contribution in [2.45, 2.75) is 25.1 Å². The maximum Gasteiger partial charge on any atom is 0.151 e. The molecule has 0 bridgehead atoms. The zero-order valence-electron chi connectivity index (χ0n) is 6.89. The van der Waals surface area contributed by atoms with Crippen molar-refractivity contribution in [1.29, 1.82) is 0 Å². The van der Waals surface area contributed by atoms with Crippen LogP contribution in [0.25, 0.3) is 0 Å². The Balaban J connectivity index is 2.52. The molecule has 1 aliphatic rings. The summed E-state index contributed by atoms with van der Waals surface area (Å²) < 4.78 is 3.04. The molecule has 0 saturated carbocycles. The van der Waals surface area contributed by atoms with Gasteiger partial charge in [-0.3, -0.25) is 5.32 Å². The van der Waals surface area contributed by atoms with Crippen molar-refractivity contribution in [1.82, 2.24) is 10.0 Å². The fourth-order valence-electron chi connectivity index (χ4n) is 1.22. The first-order chi connectivity index (χ1) is 5.18. The molecule has 1 saturated heterocycles. The van der Waals surface area contributed by atoms with Gasteiger partial charge < -0.3 is 4.79 Å². The molecule has 0 aromatic carbocycles. The fraction of sp³-hybridized carbons (Fsp3) is 0.857. The standard InChI is InChI=1S/C7H14N2OS/c1-6(2)3-7(4-10)8-5-9-11-7/h4,6,8-9H,3,5H2,1-2H3. The highest BCUT2D eigenvalue weighted by molar-refractivity contribution is 7.99. The highest BCUT2D eigenvalue weighted by atomic mass is 32.2. The summed E-state index contributed by atoms with van der Waals surface area (Å²) in [4.78, 5) is 10.4. The lowest BCUT2D eigenvalue weighted by Gasteiger charge is -2.21. The second kappa shape index (κ2) is 3.56. The van der Waals surface area contributed by atoms with E-state index in [0.717, 1.165) is 19.4 Å². The molecular weight excluding hydrogens is 160 g/mol. The molecule has 3 nitrogen and oxygen atoms in total. The summed E-state index contributed by atoms with van der Waals surface area (Å²) in [6, 6.07) is 0. The topological polar surface area (TPSA) is 41.1 Å². The third kappa shape index (κ3) is 2.18. The van der Waals surface area contributed by atoms with Gasteiger partial charge in [-0.2, -0.15) is 0 Å². The lowest BCUT2D eigenvalue weighted by molar-refractivity contribution is -0.110. The van der Waals surface area contributed by atoms with Gasteiger partial charge >= 0.3 is 0 Å². The zero-order valence-corrected chi connectivity index (χ0v) is 7.70. The van der Waals surface area contributed by atoms with Crippen LogP contribution in [0.2, 0.25) is 0 Å². The van der Waals surface area contributed by atoms with E-state index in [4.69, 9.17) is 0 Å². The minimum Gasteiger partial charge on any atom is -0.300 e. The van der Waals surface area contributed by atoms with Crippen molar-refractivity contribution < 1.29 is 4.79 Å². The van der Waals surface area contributed by atoms with Gasteiger partial charge in [-0.25, -0.2) is 4.72 Å². The highest BCUT2D eigenvalue weighted by Crippen LogP contribution is 2.28. The van der Waals surface area contributed by atoms with E-state index < -0.39 is 0 Å². The smallest absolute Gasteiger partial charge is 0.151 e. The van der Waals surface area contributed by atoms with Crippen molar-refractivity contribution in [3.05, 3.63) is 0 Å². The van der Waals surface area contributed by atoms with Crippen LogP contribution in [0.1, 0.15) is 20.3 Å². The maximum absolute atomic E-state index is 10.7. The van der Waals surface area contributed by atoms with E-state index in [1.807, 2.05) is 0 Å². The third-order valence-corrected chi connectivity index (χ3v) is 2.68. The Hall–Kier alpha value is -0.0600. The monoisotopic (exact) mass is 174 g/mol. The van der Waals surface area contributed by atoms with Crippen LogP contribution in [0.15, 0.2) is 0 Å². The van der Waals surface area contributed by atoms with E-state index in [1.165, 1.54) is 11.9 Å². The van der Waals surface area contributed by atoms with Gasteiger partial charge in [-0.15, -0.1) is 0 Å². The predicted octanol–water partition coefficient (Wildman–Crippen LogP) is 0.726. The van der Waals surface area contributed by atoms with Gasteiger partial charge in [-0.05, 0) is 12.3 Å². The molecule has 0 aromatic heterocycles. The summed E-state index contributed by atoms with van der Waals surface area (Å²) in [5.41, 5.74) is 0. The normalized spacial score (nSPS) is 31.2. The fourth-order valence-corrected chi connectivity index (χ4v) is 2.23. The Bertz CT molecular complexity index is 143. The molecule has 64 valence electrons. The van der Waals surface area contributed by atoms with E-state index in [-0.39, 0.29) is 4.87 Å². The Kier molecular flexibility index (Phi) is 2.92. The second-order valence-electron chi connectivity index (χ2n) is 3.21. The van der Waals surface area contributed by atoms with Gasteiger partial charge in [0.15, 0.2) is 6.29 Å². The molecule has 1 unspecified atom stereocenters. The van der Waals surface area contributed by atoms with Crippen LogP contribution in [0, 0.1) is 5.92 Å². The van der Waals surface area contributed by atoms with Crippen molar-refractivity contribution in [2.24, 2.45) is 5.92 Å². The molecule has 1 atom stereocenters. The van der Waals surface area contributed by atoms with Crippen molar-refractivity contribution >= 4 is 18.2 Å². The summed E-state index contributed by atoms with van der Waals surface area (Å²) in [5.74, 6) is 0.542. The first kappa shape index (κ1) is 9.03. The number of hydrogen-bond donors (Lipinski definition) is 2. The molecule has 2 N–H and O–H groups in total. The number of aldehydes is 1. The molecule has 4 heteroatoms. The average molecular weight is 174 g/mol. The van der Waals surface area contributed by atoms with Crippen molar-refractivity contribution in [3.8, 4) is 0 Å². The van der Waals surface area contributed by atoms with Gasteiger partial charge in [-0.1, -0.05) is 25.8 Å². The zero-order chi connectivity index (χ0) is 8.32. The minimum atomic E-state index is -0.367. The van der Waals surface area contributed by atoms with E-state index in [9.17, 15) is 4.79 Å². The average Bonchev–Trinajstić information content (AvgIpc) is 2.36. The molecule has 1 rings (SSSR count). The van der Waals surface area contributed by atoms with E-state index in [1.54, 1.807) is 0 Å². The predicted molar refractivity (Wildman–Crippen MR) is 47.0 cm³/mol. The van der Waals surface area contributed by atoms with Crippen LogP contribution < -0.4 is 10.0 Å². The molecule has 0 radical (unpaired) electrons. The van der Waals surface area contributed by atoms with E-state index >= 15 is 0 Å². The molecule has 11 heavy (non-hydrogen) atoms. The first-order valence-electron chi connectivity index (χ1n) is 3.81. The summed E-state index contributed by atoms with van der Waals surface area (Å²) in [5, 5.41) is 3.13. The van der Waals surface area contributed by atoms with E-state index in [2.05, 4.69) is 23.9 Å². The van der Waals surface area contributed by atoms with Crippen molar-refractivity contribution in [2.75, 3.05) is 6.67 Å². The SMILES string of the molecule is CC(C)CC1(C=O)NCNS1. The minimum absolute atomic E-state index is 0.367. The maximum atomic E-state index is 10.7. The first-order valence-corrected chi connectivity index (χ1v) is 4.62. The van der Waals surface area contributed by atoms with Crippen LogP contribution in [0.3, 0.4) is 0 Å². The largest absolute Gasteiger partial charge is 0.300 e. The number of nitrogens with one attached hydrogen (secondary N) is 2. The van der Waals surface area contributed by atoms with Crippen LogP contribution in [-0.4, -0.2) is 17.8 Å². The molecule has 1 heterocycles. The van der Waals surface area contributed by atoms with Gasteiger partial charge in [0, 0.05) is 0 Å². The Morgan fingerprint density at radius 3 is 2.82 bits per heavy atom. The highest BCUT2D eigenvalue weighted by Gasteiger charge is 2.34. The molecular formula is C7H14N2OS. The van der Waals surface area contributed by atoms with Gasteiger partial charge in [0.2, 0.25) is 0 Å². The molecule has 0 spiro atoms. The number of hydrogen-bond acceptors (Lipinski definition) is 4. The number of carbonyl (C=O) groups excluding carboxylic acids is 1. The van der Waals surface area contributed by atoms with Crippen LogP contribution in [0.4, 0.5) is 0 Å². The van der Waals surface area contributed by atoms with Gasteiger partial charge in [0.25, 0.3) is 0 Å². The molecule has 0 amide bonds. The summed E-state index contributed by atoms with van der Waals surface area (Å²) in [6.07, 6.45) is 1.88. The lowest BCUT2D eigenvalue weighted by Crippen LogP contribution is -2.40. The Labute approximate surface area is 71.4 Å². The lowest BCUT2D eigenvalue weighted by atomic mass is 10.0. The van der Waals surface area contributed by atoms with E-state index in [0.29, 0.717) is 5.92 Å². The molecule has 0 aromatic rings. The third-order valence-electron chi connectivity index (χ3n) is 1.62. The van der Waals surface area contributed by atoms with Crippen LogP contribution in [-0.2, 0) is 4.79 Å². The summed E-state index contributed by atoms with van der Waals surface area (Å²) in [7, 11) is 0. The Morgan fingerprint density at radius 1 is 1.73 bits per heavy atom.